The summed E-state index contributed by atoms with van der Waals surface area (Å²) >= 11 is 5.10. The van der Waals surface area contributed by atoms with Gasteiger partial charge in [-0.1, -0.05) is 48.3 Å². The first-order chi connectivity index (χ1) is 7.06. The van der Waals surface area contributed by atoms with Crippen molar-refractivity contribution in [1.29, 1.82) is 0 Å². The van der Waals surface area contributed by atoms with E-state index in [1.807, 2.05) is 0 Å². The molecule has 0 bridgehead atoms. The monoisotopic (exact) mass is 281 g/mol. The minimum Gasteiger partial charge on any atom is -0.469 e. The van der Waals surface area contributed by atoms with Crippen LogP contribution in [0.4, 0.5) is 0 Å². The Morgan fingerprint density at radius 2 is 1.39 bits per heavy atom. The minimum absolute atomic E-state index is 0. The summed E-state index contributed by atoms with van der Waals surface area (Å²) in [6, 6.07) is 0. The number of thiocarbonyl (C=S) groups is 1. The van der Waals surface area contributed by atoms with Crippen molar-refractivity contribution in [2.24, 2.45) is 0 Å². The lowest BCUT2D eigenvalue weighted by Crippen LogP contribution is -2.28. The van der Waals surface area contributed by atoms with E-state index in [4.69, 9.17) is 12.2 Å². The number of hydrogen-bond donors (Lipinski definition) is 0. The summed E-state index contributed by atoms with van der Waals surface area (Å²) in [5.74, 6) is -0.157. The third-order valence-corrected chi connectivity index (χ3v) is 2.48. The van der Waals surface area contributed by atoms with Crippen LogP contribution in [0.2, 0.25) is 0 Å². The van der Waals surface area contributed by atoms with Crippen molar-refractivity contribution in [3.05, 3.63) is 0 Å². The van der Waals surface area contributed by atoms with Crippen molar-refractivity contribution in [2.75, 3.05) is 20.2 Å². The molecule has 0 unspecified atom stereocenters. The van der Waals surface area contributed by atoms with Gasteiger partial charge in [-0.25, -0.2) is 0 Å². The Hall–Kier alpha value is -0.640. The minimum atomic E-state index is -0.157. The van der Waals surface area contributed by atoms with E-state index in [1.54, 1.807) is 6.92 Å². The van der Waals surface area contributed by atoms with Crippen LogP contribution in [-0.4, -0.2) is 36.1 Å². The number of hydrogen-bond acceptors (Lipinski definition) is 3. The molecule has 18 heavy (non-hydrogen) atoms. The standard InChI is InChI=1S/C7H15NS.C4H8O2.3CH4/c1-4-7(9)8(5-2)6-3;1-3-4(5)6-2;;;/h4-6H2,1-3H3;3H2,1-2H3;3*1H4. The highest BCUT2D eigenvalue weighted by atomic mass is 32.1. The lowest BCUT2D eigenvalue weighted by molar-refractivity contribution is -0.140. The fraction of sp³-hybridized carbons (Fsp3) is 0.857. The molecule has 0 N–H and O–H groups in total. The second kappa shape index (κ2) is 21.6. The van der Waals surface area contributed by atoms with Gasteiger partial charge in [-0.05, 0) is 20.3 Å². The van der Waals surface area contributed by atoms with Gasteiger partial charge < -0.3 is 9.64 Å². The van der Waals surface area contributed by atoms with Crippen LogP contribution in [0, 0.1) is 0 Å². The van der Waals surface area contributed by atoms with E-state index in [0.717, 1.165) is 24.5 Å². The topological polar surface area (TPSA) is 29.5 Å². The van der Waals surface area contributed by atoms with Gasteiger partial charge in [0, 0.05) is 19.5 Å². The van der Waals surface area contributed by atoms with E-state index in [9.17, 15) is 4.79 Å². The number of nitrogens with zero attached hydrogens (tertiary/aromatic N) is 1. The van der Waals surface area contributed by atoms with Crippen LogP contribution >= 0.6 is 12.2 Å². The molecule has 0 aliphatic rings. The zero-order valence-corrected chi connectivity index (χ0v) is 11.3. The molecule has 0 aromatic rings. The number of methoxy groups -OCH3 is 1. The summed E-state index contributed by atoms with van der Waals surface area (Å²) in [6.45, 7) is 10.2. The van der Waals surface area contributed by atoms with Gasteiger partial charge in [0.25, 0.3) is 0 Å². The van der Waals surface area contributed by atoms with Gasteiger partial charge in [0.05, 0.1) is 12.1 Å². The number of rotatable bonds is 4. The Balaban J connectivity index is -0.0000000566. The highest BCUT2D eigenvalue weighted by Crippen LogP contribution is 1.94. The van der Waals surface area contributed by atoms with Gasteiger partial charge in [-0.15, -0.1) is 0 Å². The predicted octanol–water partition coefficient (Wildman–Crippen LogP) is 4.54. The Labute approximate surface area is 121 Å². The molecule has 0 amide bonds. The zero-order chi connectivity index (χ0) is 12.3. The highest BCUT2D eigenvalue weighted by Gasteiger charge is 1.99. The van der Waals surface area contributed by atoms with Crippen LogP contribution < -0.4 is 0 Å². The Bertz CT molecular complexity index is 175. The third kappa shape index (κ3) is 17.7. The molecule has 114 valence electrons. The summed E-state index contributed by atoms with van der Waals surface area (Å²) in [4.78, 5) is 13.2. The normalized spacial score (nSPS) is 7.17. The first-order valence-corrected chi connectivity index (χ1v) is 5.82. The van der Waals surface area contributed by atoms with E-state index >= 15 is 0 Å². The lowest BCUT2D eigenvalue weighted by Gasteiger charge is -2.20. The molecule has 0 aromatic heterocycles. The molecule has 3 nitrogen and oxygen atoms in total. The third-order valence-electron chi connectivity index (χ3n) is 1.93. The average molecular weight is 282 g/mol. The molecule has 0 saturated heterocycles. The maximum Gasteiger partial charge on any atom is 0.305 e. The summed E-state index contributed by atoms with van der Waals surface area (Å²) < 4.78 is 4.26. The maximum absolute atomic E-state index is 9.96. The molecule has 0 radical (unpaired) electrons. The van der Waals surface area contributed by atoms with Crippen LogP contribution in [0.15, 0.2) is 0 Å². The van der Waals surface area contributed by atoms with Gasteiger partial charge in [0.15, 0.2) is 0 Å². The van der Waals surface area contributed by atoms with E-state index in [0.29, 0.717) is 6.42 Å². The molecule has 0 atom stereocenters. The molecule has 0 spiro atoms. The number of esters is 1. The highest BCUT2D eigenvalue weighted by molar-refractivity contribution is 7.80. The largest absolute Gasteiger partial charge is 0.469 e. The molecule has 0 aliphatic carbocycles. The summed E-state index contributed by atoms with van der Waals surface area (Å²) in [6.07, 6.45) is 1.47. The van der Waals surface area contributed by atoms with Crippen molar-refractivity contribution in [3.63, 3.8) is 0 Å². The quantitative estimate of drug-likeness (QED) is 0.559. The molecule has 0 aromatic carbocycles. The van der Waals surface area contributed by atoms with Crippen LogP contribution in [0.3, 0.4) is 0 Å². The smallest absolute Gasteiger partial charge is 0.305 e. The van der Waals surface area contributed by atoms with Crippen LogP contribution in [0.25, 0.3) is 0 Å². The maximum atomic E-state index is 9.96. The molecule has 0 aliphatic heterocycles. The van der Waals surface area contributed by atoms with Gasteiger partial charge in [0.1, 0.15) is 0 Å². The first-order valence-electron chi connectivity index (χ1n) is 5.41. The molecule has 0 saturated carbocycles. The van der Waals surface area contributed by atoms with Gasteiger partial charge in [-0.3, -0.25) is 4.79 Å². The first kappa shape index (κ1) is 30.4. The molecule has 4 heteroatoms. The van der Waals surface area contributed by atoms with Crippen LogP contribution in [-0.2, 0) is 9.53 Å². The molecule has 0 heterocycles. The number of ether oxygens (including phenoxy) is 1. The average Bonchev–Trinajstić information content (AvgIpc) is 2.30. The summed E-state index contributed by atoms with van der Waals surface area (Å²) in [7, 11) is 1.38. The molecular formula is C14H35NO2S. The van der Waals surface area contributed by atoms with E-state index in [1.165, 1.54) is 7.11 Å². The number of carbonyl (C=O) groups excluding carboxylic acids is 1. The summed E-state index contributed by atoms with van der Waals surface area (Å²) in [5, 5.41) is 0. The van der Waals surface area contributed by atoms with Crippen molar-refractivity contribution in [2.45, 2.75) is 62.8 Å². The van der Waals surface area contributed by atoms with Crippen LogP contribution in [0.5, 0.6) is 0 Å². The Kier molecular flexibility index (Phi) is 36.5. The van der Waals surface area contributed by atoms with E-state index < -0.39 is 0 Å². The lowest BCUT2D eigenvalue weighted by atomic mass is 10.4. The second-order valence-electron chi connectivity index (χ2n) is 2.85. The molecule has 0 rings (SSSR count). The van der Waals surface area contributed by atoms with Crippen molar-refractivity contribution < 1.29 is 9.53 Å². The second-order valence-corrected chi connectivity index (χ2v) is 3.32. The number of carbonyl (C=O) groups is 1. The summed E-state index contributed by atoms with van der Waals surface area (Å²) in [5.41, 5.74) is 0. The SMILES string of the molecule is C.C.C.CCC(=O)OC.CCC(=S)N(CC)CC. The van der Waals surface area contributed by atoms with Crippen molar-refractivity contribution >= 4 is 23.2 Å². The fourth-order valence-corrected chi connectivity index (χ4v) is 1.20. The zero-order valence-electron chi connectivity index (χ0n) is 10.5. The fourth-order valence-electron chi connectivity index (χ4n) is 0.944. The van der Waals surface area contributed by atoms with Crippen molar-refractivity contribution in [3.8, 4) is 0 Å². The van der Waals surface area contributed by atoms with Gasteiger partial charge in [0.2, 0.25) is 0 Å². The Morgan fingerprint density at radius 3 is 1.44 bits per heavy atom. The van der Waals surface area contributed by atoms with Crippen molar-refractivity contribution in [1.82, 2.24) is 4.90 Å². The molecule has 0 fully saturated rings. The molecular weight excluding hydrogens is 246 g/mol. The van der Waals surface area contributed by atoms with Gasteiger partial charge in [-0.2, -0.15) is 0 Å². The van der Waals surface area contributed by atoms with Gasteiger partial charge >= 0.3 is 5.97 Å². The van der Waals surface area contributed by atoms with E-state index in [2.05, 4.69) is 30.4 Å². The van der Waals surface area contributed by atoms with E-state index in [-0.39, 0.29) is 28.2 Å². The Morgan fingerprint density at radius 1 is 1.00 bits per heavy atom. The predicted molar refractivity (Wildman–Crippen MR) is 88.3 cm³/mol. The van der Waals surface area contributed by atoms with Crippen LogP contribution in [0.1, 0.15) is 62.8 Å².